The lowest BCUT2D eigenvalue weighted by Gasteiger charge is -2.44. The summed E-state index contributed by atoms with van der Waals surface area (Å²) >= 11 is 0. The predicted molar refractivity (Wildman–Crippen MR) is 60.2 cm³/mol. The van der Waals surface area contributed by atoms with Gasteiger partial charge < -0.3 is 10.6 Å². The van der Waals surface area contributed by atoms with E-state index in [9.17, 15) is 0 Å². The molecule has 0 atom stereocenters. The van der Waals surface area contributed by atoms with Crippen molar-refractivity contribution in [1.82, 2.24) is 4.90 Å². The largest absolute Gasteiger partial charge is 0.330 e. The maximum Gasteiger partial charge on any atom is 0.0100 e. The fourth-order valence-corrected chi connectivity index (χ4v) is 3.00. The van der Waals surface area contributed by atoms with Crippen LogP contribution < -0.4 is 5.73 Å². The summed E-state index contributed by atoms with van der Waals surface area (Å²) in [5.41, 5.74) is 5.60. The molecule has 2 rings (SSSR count). The molecule has 1 heterocycles. The van der Waals surface area contributed by atoms with E-state index < -0.39 is 0 Å². The molecule has 0 aromatic carbocycles. The molecule has 2 N–H and O–H groups in total. The van der Waals surface area contributed by atoms with Gasteiger partial charge in [-0.05, 0) is 63.6 Å². The zero-order valence-corrected chi connectivity index (χ0v) is 9.41. The van der Waals surface area contributed by atoms with Crippen LogP contribution in [0.5, 0.6) is 0 Å². The Morgan fingerprint density at radius 3 is 2.36 bits per heavy atom. The van der Waals surface area contributed by atoms with E-state index >= 15 is 0 Å². The van der Waals surface area contributed by atoms with Crippen LogP contribution in [-0.4, -0.2) is 30.6 Å². The molecule has 0 unspecified atom stereocenters. The number of nitrogens with two attached hydrogens (primary N) is 1. The van der Waals surface area contributed by atoms with Gasteiger partial charge in [-0.25, -0.2) is 0 Å². The highest BCUT2D eigenvalue weighted by atomic mass is 15.2. The number of nitrogens with zero attached hydrogens (tertiary/aromatic N) is 1. The van der Waals surface area contributed by atoms with Crippen molar-refractivity contribution in [3.8, 4) is 0 Å². The van der Waals surface area contributed by atoms with Crippen molar-refractivity contribution in [2.75, 3.05) is 19.6 Å². The third-order valence-corrected chi connectivity index (χ3v) is 4.09. The van der Waals surface area contributed by atoms with Crippen LogP contribution in [0.2, 0.25) is 0 Å². The van der Waals surface area contributed by atoms with E-state index in [1.54, 1.807) is 0 Å². The van der Waals surface area contributed by atoms with E-state index in [2.05, 4.69) is 11.8 Å². The van der Waals surface area contributed by atoms with Gasteiger partial charge in [0.2, 0.25) is 0 Å². The minimum Gasteiger partial charge on any atom is -0.330 e. The summed E-state index contributed by atoms with van der Waals surface area (Å²) < 4.78 is 0. The molecule has 2 heteroatoms. The van der Waals surface area contributed by atoms with Crippen LogP contribution in [0.3, 0.4) is 0 Å². The number of rotatable bonds is 3. The number of hydrogen-bond acceptors (Lipinski definition) is 2. The third kappa shape index (κ3) is 2.29. The van der Waals surface area contributed by atoms with E-state index in [0.717, 1.165) is 24.4 Å². The third-order valence-electron chi connectivity index (χ3n) is 4.09. The summed E-state index contributed by atoms with van der Waals surface area (Å²) in [6.07, 6.45) is 6.92. The normalized spacial score (nSPS) is 35.6. The highest BCUT2D eigenvalue weighted by molar-refractivity contribution is 4.87. The monoisotopic (exact) mass is 196 g/mol. The SMILES string of the molecule is CC1CC(N2CCC(CCN)CC2)C1. The van der Waals surface area contributed by atoms with Gasteiger partial charge in [0.15, 0.2) is 0 Å². The average Bonchev–Trinajstić information content (AvgIpc) is 2.15. The van der Waals surface area contributed by atoms with Gasteiger partial charge in [0.05, 0.1) is 0 Å². The summed E-state index contributed by atoms with van der Waals surface area (Å²) in [5, 5.41) is 0. The van der Waals surface area contributed by atoms with E-state index in [1.165, 1.54) is 45.2 Å². The lowest BCUT2D eigenvalue weighted by molar-refractivity contribution is 0.0536. The summed E-state index contributed by atoms with van der Waals surface area (Å²) in [7, 11) is 0. The van der Waals surface area contributed by atoms with Crippen molar-refractivity contribution in [1.29, 1.82) is 0 Å². The highest BCUT2D eigenvalue weighted by Gasteiger charge is 2.32. The Hall–Kier alpha value is -0.0800. The molecule has 0 bridgehead atoms. The van der Waals surface area contributed by atoms with Crippen LogP contribution in [0.4, 0.5) is 0 Å². The van der Waals surface area contributed by atoms with E-state index in [-0.39, 0.29) is 0 Å². The molecule has 82 valence electrons. The molecule has 14 heavy (non-hydrogen) atoms. The smallest absolute Gasteiger partial charge is 0.0100 e. The van der Waals surface area contributed by atoms with Crippen molar-refractivity contribution >= 4 is 0 Å². The lowest BCUT2D eigenvalue weighted by Crippen LogP contribution is -2.47. The van der Waals surface area contributed by atoms with Gasteiger partial charge in [0, 0.05) is 6.04 Å². The minimum absolute atomic E-state index is 0.880. The molecule has 1 aliphatic heterocycles. The molecule has 0 aromatic heterocycles. The molecular weight excluding hydrogens is 172 g/mol. The second-order valence-electron chi connectivity index (χ2n) is 5.29. The Kier molecular flexibility index (Phi) is 3.45. The Morgan fingerprint density at radius 1 is 1.21 bits per heavy atom. The van der Waals surface area contributed by atoms with Crippen LogP contribution in [0.15, 0.2) is 0 Å². The molecular formula is C12H24N2. The quantitative estimate of drug-likeness (QED) is 0.746. The molecule has 1 saturated heterocycles. The van der Waals surface area contributed by atoms with E-state index in [4.69, 9.17) is 5.73 Å². The summed E-state index contributed by atoms with van der Waals surface area (Å²) in [5.74, 6) is 1.91. The predicted octanol–water partition coefficient (Wildman–Crippen LogP) is 1.85. The Balaban J connectivity index is 1.68. The Labute approximate surface area is 87.8 Å². The molecule has 2 aliphatic rings. The second-order valence-corrected chi connectivity index (χ2v) is 5.29. The summed E-state index contributed by atoms with van der Waals surface area (Å²) in [4.78, 5) is 2.72. The van der Waals surface area contributed by atoms with Crippen LogP contribution in [0, 0.1) is 11.8 Å². The van der Waals surface area contributed by atoms with Gasteiger partial charge in [0.1, 0.15) is 0 Å². The summed E-state index contributed by atoms with van der Waals surface area (Å²) in [6.45, 7) is 5.92. The Bertz CT molecular complexity index is 167. The van der Waals surface area contributed by atoms with Crippen molar-refractivity contribution in [3.63, 3.8) is 0 Å². The van der Waals surface area contributed by atoms with Gasteiger partial charge in [-0.2, -0.15) is 0 Å². The van der Waals surface area contributed by atoms with Crippen molar-refractivity contribution in [3.05, 3.63) is 0 Å². The molecule has 0 aromatic rings. The molecule has 2 nitrogen and oxygen atoms in total. The molecule has 0 amide bonds. The Morgan fingerprint density at radius 2 is 1.86 bits per heavy atom. The zero-order valence-electron chi connectivity index (χ0n) is 9.41. The maximum atomic E-state index is 5.60. The first kappa shape index (κ1) is 10.4. The topological polar surface area (TPSA) is 29.3 Å². The number of likely N-dealkylation sites (tertiary alicyclic amines) is 1. The first-order chi connectivity index (χ1) is 6.79. The van der Waals surface area contributed by atoms with Gasteiger partial charge in [-0.3, -0.25) is 0 Å². The van der Waals surface area contributed by atoms with Gasteiger partial charge in [-0.1, -0.05) is 6.92 Å². The number of hydrogen-bond donors (Lipinski definition) is 1. The average molecular weight is 196 g/mol. The first-order valence-electron chi connectivity index (χ1n) is 6.23. The fraction of sp³-hybridized carbons (Fsp3) is 1.00. The summed E-state index contributed by atoms with van der Waals surface area (Å²) in [6, 6.07) is 0.934. The van der Waals surface area contributed by atoms with Crippen molar-refractivity contribution < 1.29 is 0 Å². The second kappa shape index (κ2) is 4.63. The first-order valence-corrected chi connectivity index (χ1v) is 6.23. The number of piperidine rings is 1. The fourth-order valence-electron chi connectivity index (χ4n) is 3.00. The minimum atomic E-state index is 0.880. The lowest BCUT2D eigenvalue weighted by atomic mass is 9.79. The van der Waals surface area contributed by atoms with Crippen LogP contribution >= 0.6 is 0 Å². The van der Waals surface area contributed by atoms with Crippen LogP contribution in [0.25, 0.3) is 0 Å². The van der Waals surface area contributed by atoms with Gasteiger partial charge >= 0.3 is 0 Å². The van der Waals surface area contributed by atoms with Crippen LogP contribution in [-0.2, 0) is 0 Å². The van der Waals surface area contributed by atoms with Gasteiger partial charge in [0.25, 0.3) is 0 Å². The highest BCUT2D eigenvalue weighted by Crippen LogP contribution is 2.33. The molecule has 1 saturated carbocycles. The van der Waals surface area contributed by atoms with Crippen LogP contribution in [0.1, 0.15) is 39.0 Å². The molecule has 0 spiro atoms. The molecule has 1 aliphatic carbocycles. The molecule has 0 radical (unpaired) electrons. The van der Waals surface area contributed by atoms with Gasteiger partial charge in [-0.15, -0.1) is 0 Å². The van der Waals surface area contributed by atoms with Crippen molar-refractivity contribution in [2.45, 2.75) is 45.1 Å². The van der Waals surface area contributed by atoms with E-state index in [1.807, 2.05) is 0 Å². The van der Waals surface area contributed by atoms with Crippen molar-refractivity contribution in [2.24, 2.45) is 17.6 Å². The standard InChI is InChI=1S/C12H24N2/c1-10-8-12(9-10)14-6-3-11(2-5-13)4-7-14/h10-12H,2-9,13H2,1H3. The molecule has 2 fully saturated rings. The van der Waals surface area contributed by atoms with E-state index in [0.29, 0.717) is 0 Å². The zero-order chi connectivity index (χ0) is 9.97. The maximum absolute atomic E-state index is 5.60.